The molecule has 0 aliphatic heterocycles. The molecular formula is C13H24N2O. The van der Waals surface area contributed by atoms with E-state index in [4.69, 9.17) is 0 Å². The van der Waals surface area contributed by atoms with Gasteiger partial charge in [-0.2, -0.15) is 0 Å². The van der Waals surface area contributed by atoms with Gasteiger partial charge in [-0.3, -0.25) is 14.6 Å². The van der Waals surface area contributed by atoms with Crippen LogP contribution >= 0.6 is 0 Å². The fourth-order valence-corrected chi connectivity index (χ4v) is 1.97. The topological polar surface area (TPSA) is 37.8 Å². The van der Waals surface area contributed by atoms with E-state index in [1.54, 1.807) is 4.68 Å². The molecular weight excluding hydrogens is 200 g/mol. The fraction of sp³-hybridized carbons (Fsp3) is 0.769. The third-order valence-corrected chi connectivity index (χ3v) is 2.89. The van der Waals surface area contributed by atoms with Crippen LogP contribution in [-0.2, 0) is 12.8 Å². The van der Waals surface area contributed by atoms with Crippen LogP contribution in [0.15, 0.2) is 4.79 Å². The number of nitrogens with one attached hydrogen (secondary N) is 1. The van der Waals surface area contributed by atoms with E-state index < -0.39 is 0 Å². The number of aromatic amines is 1. The Morgan fingerprint density at radius 3 is 2.38 bits per heavy atom. The summed E-state index contributed by atoms with van der Waals surface area (Å²) < 4.78 is 1.76. The average Bonchev–Trinajstić information content (AvgIpc) is 2.55. The molecule has 0 unspecified atom stereocenters. The van der Waals surface area contributed by atoms with E-state index in [0.29, 0.717) is 0 Å². The summed E-state index contributed by atoms with van der Waals surface area (Å²) in [6, 6.07) is 0.221. The van der Waals surface area contributed by atoms with Crippen molar-refractivity contribution in [3.63, 3.8) is 0 Å². The Balaban J connectivity index is 3.04. The monoisotopic (exact) mass is 224 g/mol. The summed E-state index contributed by atoms with van der Waals surface area (Å²) in [7, 11) is 0. The highest BCUT2D eigenvalue weighted by Gasteiger charge is 2.14. The summed E-state index contributed by atoms with van der Waals surface area (Å²) in [6.07, 6.45) is 5.24. The normalized spacial score (nSPS) is 11.3. The van der Waals surface area contributed by atoms with Crippen LogP contribution in [0.3, 0.4) is 0 Å². The van der Waals surface area contributed by atoms with E-state index in [-0.39, 0.29) is 11.6 Å². The van der Waals surface area contributed by atoms with E-state index in [1.807, 2.05) is 13.8 Å². The molecule has 0 spiro atoms. The van der Waals surface area contributed by atoms with Crippen LogP contribution in [0, 0.1) is 0 Å². The molecule has 0 amide bonds. The molecule has 1 aromatic heterocycles. The van der Waals surface area contributed by atoms with Crippen molar-refractivity contribution in [3.05, 3.63) is 21.6 Å². The zero-order chi connectivity index (χ0) is 12.1. The highest BCUT2D eigenvalue weighted by atomic mass is 16.1. The van der Waals surface area contributed by atoms with Gasteiger partial charge in [0, 0.05) is 17.3 Å². The minimum Gasteiger partial charge on any atom is -0.299 e. The van der Waals surface area contributed by atoms with Gasteiger partial charge in [0.05, 0.1) is 0 Å². The molecule has 3 heteroatoms. The maximum Gasteiger partial charge on any atom is 0.270 e. The van der Waals surface area contributed by atoms with E-state index >= 15 is 0 Å². The van der Waals surface area contributed by atoms with Gasteiger partial charge in [-0.1, -0.05) is 26.7 Å². The molecule has 0 saturated carbocycles. The van der Waals surface area contributed by atoms with E-state index in [2.05, 4.69) is 18.9 Å². The van der Waals surface area contributed by atoms with Crippen LogP contribution in [0.5, 0.6) is 0 Å². The number of aryl methyl sites for hydroxylation is 1. The molecule has 1 N–H and O–H groups in total. The van der Waals surface area contributed by atoms with Crippen LogP contribution < -0.4 is 5.56 Å². The summed E-state index contributed by atoms with van der Waals surface area (Å²) in [5, 5.41) is 3.27. The largest absolute Gasteiger partial charge is 0.299 e. The van der Waals surface area contributed by atoms with Crippen LogP contribution in [0.25, 0.3) is 0 Å². The molecule has 0 aliphatic rings. The highest BCUT2D eigenvalue weighted by Crippen LogP contribution is 2.11. The number of hydrogen-bond acceptors (Lipinski definition) is 1. The molecule has 0 atom stereocenters. The van der Waals surface area contributed by atoms with Gasteiger partial charge in [0.25, 0.3) is 5.56 Å². The van der Waals surface area contributed by atoms with Gasteiger partial charge in [0.2, 0.25) is 0 Å². The molecule has 0 radical (unpaired) electrons. The Bertz CT molecular complexity index is 374. The standard InChI is InChI=1S/C13H24N2O/c1-5-7-9-12-11(8-6-2)13(16)15(14-12)10(3)4/h10,14H,5-9H2,1-4H3. The summed E-state index contributed by atoms with van der Waals surface area (Å²) in [5.74, 6) is 0. The molecule has 1 rings (SSSR count). The summed E-state index contributed by atoms with van der Waals surface area (Å²) in [5.41, 5.74) is 2.34. The molecule has 0 saturated heterocycles. The minimum absolute atomic E-state index is 0.183. The number of H-pyrrole nitrogens is 1. The molecule has 1 heterocycles. The van der Waals surface area contributed by atoms with Gasteiger partial charge >= 0.3 is 0 Å². The molecule has 0 fully saturated rings. The lowest BCUT2D eigenvalue weighted by Gasteiger charge is -2.04. The summed E-state index contributed by atoms with van der Waals surface area (Å²) >= 11 is 0. The van der Waals surface area contributed by atoms with Crippen LogP contribution in [0.1, 0.15) is 64.3 Å². The van der Waals surface area contributed by atoms with Crippen molar-refractivity contribution in [3.8, 4) is 0 Å². The number of aromatic nitrogens is 2. The van der Waals surface area contributed by atoms with Crippen molar-refractivity contribution in [2.75, 3.05) is 0 Å². The molecule has 3 nitrogen and oxygen atoms in total. The molecule has 16 heavy (non-hydrogen) atoms. The quantitative estimate of drug-likeness (QED) is 0.792. The lowest BCUT2D eigenvalue weighted by Crippen LogP contribution is -2.20. The van der Waals surface area contributed by atoms with Gasteiger partial charge in [-0.25, -0.2) is 0 Å². The van der Waals surface area contributed by atoms with Crippen LogP contribution in [0.4, 0.5) is 0 Å². The molecule has 0 aliphatic carbocycles. The second-order valence-corrected chi connectivity index (χ2v) is 4.69. The zero-order valence-electron chi connectivity index (χ0n) is 11.0. The van der Waals surface area contributed by atoms with Crippen molar-refractivity contribution in [2.24, 2.45) is 0 Å². The second-order valence-electron chi connectivity index (χ2n) is 4.69. The van der Waals surface area contributed by atoms with Gasteiger partial charge in [0.1, 0.15) is 0 Å². The Kier molecular flexibility index (Phi) is 4.84. The smallest absolute Gasteiger partial charge is 0.270 e. The van der Waals surface area contributed by atoms with Gasteiger partial charge in [0.15, 0.2) is 0 Å². The van der Waals surface area contributed by atoms with Gasteiger partial charge in [-0.05, 0) is 33.1 Å². The first kappa shape index (κ1) is 13.1. The van der Waals surface area contributed by atoms with Crippen LogP contribution in [-0.4, -0.2) is 9.78 Å². The summed E-state index contributed by atoms with van der Waals surface area (Å²) in [4.78, 5) is 12.1. The third-order valence-electron chi connectivity index (χ3n) is 2.89. The van der Waals surface area contributed by atoms with E-state index in [0.717, 1.165) is 36.9 Å². The molecule has 92 valence electrons. The van der Waals surface area contributed by atoms with Crippen LogP contribution in [0.2, 0.25) is 0 Å². The maximum absolute atomic E-state index is 12.1. The molecule has 1 aromatic rings. The Morgan fingerprint density at radius 2 is 1.88 bits per heavy atom. The predicted molar refractivity (Wildman–Crippen MR) is 68.0 cm³/mol. The maximum atomic E-state index is 12.1. The lowest BCUT2D eigenvalue weighted by molar-refractivity contribution is 0.510. The van der Waals surface area contributed by atoms with Crippen molar-refractivity contribution >= 4 is 0 Å². The van der Waals surface area contributed by atoms with Crippen molar-refractivity contribution in [1.82, 2.24) is 9.78 Å². The highest BCUT2D eigenvalue weighted by molar-refractivity contribution is 5.18. The van der Waals surface area contributed by atoms with Gasteiger partial charge in [-0.15, -0.1) is 0 Å². The lowest BCUT2D eigenvalue weighted by atomic mass is 10.1. The number of unbranched alkanes of at least 4 members (excludes halogenated alkanes) is 1. The zero-order valence-corrected chi connectivity index (χ0v) is 11.0. The number of hydrogen-bond donors (Lipinski definition) is 1. The number of rotatable bonds is 6. The molecule has 0 bridgehead atoms. The van der Waals surface area contributed by atoms with E-state index in [1.165, 1.54) is 6.42 Å². The first-order chi connectivity index (χ1) is 7.61. The Morgan fingerprint density at radius 1 is 1.19 bits per heavy atom. The Hall–Kier alpha value is -0.990. The van der Waals surface area contributed by atoms with Crippen molar-refractivity contribution < 1.29 is 0 Å². The summed E-state index contributed by atoms with van der Waals surface area (Å²) in [6.45, 7) is 8.38. The minimum atomic E-state index is 0.183. The fourth-order valence-electron chi connectivity index (χ4n) is 1.97. The van der Waals surface area contributed by atoms with Crippen molar-refractivity contribution in [1.29, 1.82) is 0 Å². The predicted octanol–water partition coefficient (Wildman–Crippen LogP) is 3.05. The SMILES string of the molecule is CCCCc1[nH]n(C(C)C)c(=O)c1CCC. The number of nitrogens with zero attached hydrogens (tertiary/aromatic N) is 1. The van der Waals surface area contributed by atoms with E-state index in [9.17, 15) is 4.79 Å². The van der Waals surface area contributed by atoms with Gasteiger partial charge < -0.3 is 0 Å². The first-order valence-corrected chi connectivity index (χ1v) is 6.44. The second kappa shape index (κ2) is 5.92. The third kappa shape index (κ3) is 2.77. The first-order valence-electron chi connectivity index (χ1n) is 6.44. The Labute approximate surface area is 97.8 Å². The molecule has 0 aromatic carbocycles. The average molecular weight is 224 g/mol. The van der Waals surface area contributed by atoms with Crippen molar-refractivity contribution in [2.45, 2.75) is 65.8 Å².